The topological polar surface area (TPSA) is 20.5 Å². The maximum Gasteiger partial charge on any atom is 0.195 e. The van der Waals surface area contributed by atoms with Gasteiger partial charge in [-0.3, -0.25) is 4.40 Å². The molecule has 0 aliphatic carbocycles. The molecule has 19 heavy (non-hydrogen) atoms. The summed E-state index contributed by atoms with van der Waals surface area (Å²) >= 11 is 5.32. The highest BCUT2D eigenvalue weighted by molar-refractivity contribution is 9.08. The van der Waals surface area contributed by atoms with E-state index in [1.807, 2.05) is 0 Å². The first-order valence-electron chi connectivity index (χ1n) is 6.76. The maximum atomic E-state index is 4.82. The van der Waals surface area contributed by atoms with Gasteiger partial charge in [0.2, 0.25) is 0 Å². The summed E-state index contributed by atoms with van der Waals surface area (Å²) in [6.45, 7) is 9.30. The normalized spacial score (nSPS) is 20.6. The summed E-state index contributed by atoms with van der Waals surface area (Å²) in [6.07, 6.45) is 3.39. The van der Waals surface area contributed by atoms with E-state index in [1.54, 1.807) is 11.3 Å². The van der Waals surface area contributed by atoms with Gasteiger partial charge in [-0.15, -0.1) is 11.3 Å². The minimum atomic E-state index is 0.389. The van der Waals surface area contributed by atoms with Gasteiger partial charge in [0, 0.05) is 30.0 Å². The highest BCUT2D eigenvalue weighted by Crippen LogP contribution is 2.37. The highest BCUT2D eigenvalue weighted by Gasteiger charge is 2.33. The van der Waals surface area contributed by atoms with Crippen molar-refractivity contribution in [2.45, 2.75) is 32.5 Å². The zero-order valence-electron chi connectivity index (χ0n) is 11.7. The minimum Gasteiger partial charge on any atom is -0.355 e. The number of fused-ring (bicyclic) bond motifs is 1. The number of thiazole rings is 1. The van der Waals surface area contributed by atoms with Gasteiger partial charge in [0.15, 0.2) is 10.8 Å². The van der Waals surface area contributed by atoms with Crippen molar-refractivity contribution in [2.24, 2.45) is 11.3 Å². The Kier molecular flexibility index (Phi) is 3.38. The van der Waals surface area contributed by atoms with Gasteiger partial charge in [0.05, 0.1) is 5.69 Å². The molecule has 1 aliphatic rings. The third kappa shape index (κ3) is 2.31. The van der Waals surface area contributed by atoms with Crippen molar-refractivity contribution in [1.82, 2.24) is 9.38 Å². The third-order valence-corrected chi connectivity index (χ3v) is 5.47. The van der Waals surface area contributed by atoms with E-state index in [0.717, 1.165) is 29.3 Å². The van der Waals surface area contributed by atoms with Crippen LogP contribution in [-0.2, 0) is 5.33 Å². The second-order valence-electron chi connectivity index (χ2n) is 6.37. The van der Waals surface area contributed by atoms with Crippen molar-refractivity contribution >= 4 is 38.0 Å². The van der Waals surface area contributed by atoms with Gasteiger partial charge in [0.1, 0.15) is 0 Å². The number of halogens is 1. The zero-order valence-corrected chi connectivity index (χ0v) is 14.1. The molecule has 0 spiro atoms. The molecule has 3 rings (SSSR count). The lowest BCUT2D eigenvalue weighted by atomic mass is 9.80. The first-order valence-corrected chi connectivity index (χ1v) is 8.76. The molecular weight excluding hydrogens is 322 g/mol. The van der Waals surface area contributed by atoms with Crippen molar-refractivity contribution in [2.75, 3.05) is 18.0 Å². The highest BCUT2D eigenvalue weighted by atomic mass is 79.9. The fraction of sp³-hybridized carbons (Fsp3) is 0.643. The van der Waals surface area contributed by atoms with E-state index >= 15 is 0 Å². The number of anilines is 1. The average Bonchev–Trinajstić information content (AvgIpc) is 3.01. The molecule has 0 saturated carbocycles. The zero-order chi connectivity index (χ0) is 13.6. The Morgan fingerprint density at radius 2 is 2.26 bits per heavy atom. The van der Waals surface area contributed by atoms with Crippen LogP contribution in [0.4, 0.5) is 5.82 Å². The molecule has 2 aromatic rings. The molecule has 0 bridgehead atoms. The van der Waals surface area contributed by atoms with Crippen LogP contribution in [0.1, 0.15) is 32.9 Å². The molecule has 1 aliphatic heterocycles. The monoisotopic (exact) mass is 341 g/mol. The number of hydrogen-bond donors (Lipinski definition) is 0. The Labute approximate surface area is 126 Å². The predicted molar refractivity (Wildman–Crippen MR) is 85.5 cm³/mol. The number of alkyl halides is 1. The van der Waals surface area contributed by atoms with Crippen LogP contribution in [0.3, 0.4) is 0 Å². The van der Waals surface area contributed by atoms with Crippen molar-refractivity contribution in [3.63, 3.8) is 0 Å². The first kappa shape index (κ1) is 13.4. The van der Waals surface area contributed by atoms with Crippen molar-refractivity contribution in [3.05, 3.63) is 17.3 Å². The van der Waals surface area contributed by atoms with E-state index in [9.17, 15) is 0 Å². The van der Waals surface area contributed by atoms with Crippen molar-refractivity contribution in [1.29, 1.82) is 0 Å². The Balaban J connectivity index is 1.91. The van der Waals surface area contributed by atoms with Crippen LogP contribution in [0.15, 0.2) is 11.6 Å². The van der Waals surface area contributed by atoms with E-state index in [4.69, 9.17) is 4.98 Å². The maximum absolute atomic E-state index is 4.82. The summed E-state index contributed by atoms with van der Waals surface area (Å²) in [5.41, 5.74) is 1.67. The van der Waals surface area contributed by atoms with Gasteiger partial charge in [-0.1, -0.05) is 36.7 Å². The lowest BCUT2D eigenvalue weighted by Gasteiger charge is -2.27. The number of imidazole rings is 1. The van der Waals surface area contributed by atoms with E-state index in [-0.39, 0.29) is 0 Å². The molecule has 104 valence electrons. The summed E-state index contributed by atoms with van der Waals surface area (Å²) in [4.78, 5) is 8.38. The summed E-state index contributed by atoms with van der Waals surface area (Å²) in [5.74, 6) is 1.94. The molecule has 0 N–H and O–H groups in total. The van der Waals surface area contributed by atoms with Crippen molar-refractivity contribution in [3.8, 4) is 0 Å². The molecule has 1 fully saturated rings. The second kappa shape index (κ2) is 4.77. The molecule has 1 saturated heterocycles. The van der Waals surface area contributed by atoms with Crippen LogP contribution in [0.25, 0.3) is 4.96 Å². The molecule has 0 aromatic carbocycles. The number of rotatable bonds is 2. The van der Waals surface area contributed by atoms with Gasteiger partial charge < -0.3 is 4.90 Å². The SMILES string of the molecule is CC(C)(C)C1CCN(c2nc3sccn3c2CBr)C1. The second-order valence-corrected chi connectivity index (χ2v) is 7.80. The van der Waals surface area contributed by atoms with Gasteiger partial charge in [-0.25, -0.2) is 4.98 Å². The predicted octanol–water partition coefficient (Wildman–Crippen LogP) is 4.16. The van der Waals surface area contributed by atoms with Crippen LogP contribution in [-0.4, -0.2) is 22.5 Å². The quantitative estimate of drug-likeness (QED) is 0.764. The summed E-state index contributed by atoms with van der Waals surface area (Å²) < 4.78 is 2.21. The lowest BCUT2D eigenvalue weighted by Crippen LogP contribution is -2.26. The molecule has 1 atom stereocenters. The van der Waals surface area contributed by atoms with Crippen molar-refractivity contribution < 1.29 is 0 Å². The smallest absolute Gasteiger partial charge is 0.195 e. The number of nitrogens with zero attached hydrogens (tertiary/aromatic N) is 3. The largest absolute Gasteiger partial charge is 0.355 e. The van der Waals surface area contributed by atoms with Gasteiger partial charge in [0.25, 0.3) is 0 Å². The van der Waals surface area contributed by atoms with Crippen LogP contribution in [0.2, 0.25) is 0 Å². The lowest BCUT2D eigenvalue weighted by molar-refractivity contribution is 0.263. The standard InChI is InChI=1S/C14H20BrN3S/c1-14(2,3)10-4-5-17(9-10)12-11(8-15)18-6-7-19-13(18)16-12/h6-7,10H,4-5,8-9H2,1-3H3. The van der Waals surface area contributed by atoms with Gasteiger partial charge in [-0.05, 0) is 17.8 Å². The molecular formula is C14H20BrN3S. The molecule has 1 unspecified atom stereocenters. The number of aromatic nitrogens is 2. The van der Waals surface area contributed by atoms with Gasteiger partial charge >= 0.3 is 0 Å². The van der Waals surface area contributed by atoms with Gasteiger partial charge in [-0.2, -0.15) is 0 Å². The Bertz CT molecular complexity index is 581. The summed E-state index contributed by atoms with van der Waals surface area (Å²) in [6, 6.07) is 0. The molecule has 2 aromatic heterocycles. The minimum absolute atomic E-state index is 0.389. The van der Waals surface area contributed by atoms with Crippen LogP contribution in [0.5, 0.6) is 0 Å². The molecule has 3 heterocycles. The molecule has 3 nitrogen and oxygen atoms in total. The summed E-state index contributed by atoms with van der Waals surface area (Å²) in [7, 11) is 0. The Morgan fingerprint density at radius 1 is 1.47 bits per heavy atom. The number of hydrogen-bond acceptors (Lipinski definition) is 3. The van der Waals surface area contributed by atoms with E-state index in [2.05, 4.69) is 57.6 Å². The first-order chi connectivity index (χ1) is 9.00. The summed E-state index contributed by atoms with van der Waals surface area (Å²) in [5, 5.41) is 2.96. The molecule has 5 heteroatoms. The van der Waals surface area contributed by atoms with Crippen LogP contribution >= 0.6 is 27.3 Å². The van der Waals surface area contributed by atoms with E-state index < -0.39 is 0 Å². The molecule has 0 radical (unpaired) electrons. The third-order valence-electron chi connectivity index (χ3n) is 4.18. The van der Waals surface area contributed by atoms with Crippen LogP contribution < -0.4 is 4.90 Å². The van der Waals surface area contributed by atoms with E-state index in [0.29, 0.717) is 5.41 Å². The fourth-order valence-corrected chi connectivity index (χ4v) is 4.11. The Morgan fingerprint density at radius 3 is 2.89 bits per heavy atom. The average molecular weight is 342 g/mol. The van der Waals surface area contributed by atoms with Crippen LogP contribution in [0, 0.1) is 11.3 Å². The fourth-order valence-electron chi connectivity index (χ4n) is 2.86. The van der Waals surface area contributed by atoms with E-state index in [1.165, 1.54) is 17.9 Å². The molecule has 0 amide bonds. The Hall–Kier alpha value is -0.550.